The van der Waals surface area contributed by atoms with E-state index in [4.69, 9.17) is 0 Å². The van der Waals surface area contributed by atoms with Crippen LogP contribution in [-0.4, -0.2) is 72.4 Å². The number of nitrogens with zero attached hydrogens (tertiary/aromatic N) is 2. The van der Waals surface area contributed by atoms with Gasteiger partial charge in [-0.25, -0.2) is 8.42 Å². The van der Waals surface area contributed by atoms with Crippen LogP contribution in [0.15, 0.2) is 29.3 Å². The summed E-state index contributed by atoms with van der Waals surface area (Å²) in [5.41, 5.74) is 1.47. The van der Waals surface area contributed by atoms with Crippen molar-refractivity contribution in [2.45, 2.75) is 56.5 Å². The molecule has 0 bridgehead atoms. The zero-order valence-electron chi connectivity index (χ0n) is 17.5. The zero-order valence-corrected chi connectivity index (χ0v) is 19.1. The summed E-state index contributed by atoms with van der Waals surface area (Å²) < 4.78 is 23.3. The lowest BCUT2D eigenvalue weighted by molar-refractivity contribution is 0.0889. The molecule has 4 rings (SSSR count). The standard InChI is InChI=1S/C21H30N4O3S2/c1-14-4-3-5-15(2)25(14)11-10-22-20(26)16-6-8-17(9-7-16)23-21-24-18-12-30(27,28)13-19(18)29-21/h6-9,14-15,18-19H,3-5,10-13H2,1-2H3,(H,22,26)(H,23,24). The molecule has 2 N–H and O–H groups in total. The second-order valence-electron chi connectivity index (χ2n) is 8.56. The minimum atomic E-state index is -2.94. The Bertz CT molecular complexity index is 907. The maximum absolute atomic E-state index is 12.5. The van der Waals surface area contributed by atoms with E-state index in [2.05, 4.69) is 34.4 Å². The van der Waals surface area contributed by atoms with Crippen LogP contribution in [0, 0.1) is 0 Å². The smallest absolute Gasteiger partial charge is 0.251 e. The first-order valence-corrected chi connectivity index (χ1v) is 13.4. The number of carbonyl (C=O) groups is 1. The van der Waals surface area contributed by atoms with Gasteiger partial charge in [0.05, 0.1) is 17.5 Å². The van der Waals surface area contributed by atoms with Gasteiger partial charge in [-0.1, -0.05) is 18.2 Å². The van der Waals surface area contributed by atoms with Gasteiger partial charge in [0.15, 0.2) is 15.0 Å². The SMILES string of the molecule is CC1CCCC(C)N1CCNC(=O)c1ccc(NC2=NC3CS(=O)(=O)CC3S2)cc1. The van der Waals surface area contributed by atoms with Crippen LogP contribution in [0.3, 0.4) is 0 Å². The molecule has 30 heavy (non-hydrogen) atoms. The maximum atomic E-state index is 12.5. The van der Waals surface area contributed by atoms with E-state index in [1.807, 2.05) is 12.1 Å². The molecule has 4 atom stereocenters. The molecule has 1 amide bonds. The Labute approximate surface area is 183 Å². The molecule has 0 saturated carbocycles. The van der Waals surface area contributed by atoms with E-state index < -0.39 is 9.84 Å². The van der Waals surface area contributed by atoms with E-state index in [0.29, 0.717) is 24.2 Å². The molecule has 3 aliphatic rings. The fourth-order valence-electron chi connectivity index (χ4n) is 4.56. The van der Waals surface area contributed by atoms with Crippen molar-refractivity contribution in [1.29, 1.82) is 0 Å². The largest absolute Gasteiger partial charge is 0.351 e. The van der Waals surface area contributed by atoms with Gasteiger partial charge in [-0.3, -0.25) is 14.7 Å². The molecule has 2 saturated heterocycles. The number of thioether (sulfide) groups is 1. The summed E-state index contributed by atoms with van der Waals surface area (Å²) in [6, 6.07) is 8.33. The number of amides is 1. The molecular formula is C21H30N4O3S2. The summed E-state index contributed by atoms with van der Waals surface area (Å²) in [5.74, 6) is 0.279. The maximum Gasteiger partial charge on any atom is 0.251 e. The molecule has 3 heterocycles. The Balaban J connectivity index is 1.26. The minimum Gasteiger partial charge on any atom is -0.351 e. The quantitative estimate of drug-likeness (QED) is 0.716. The molecule has 7 nitrogen and oxygen atoms in total. The monoisotopic (exact) mass is 450 g/mol. The molecular weight excluding hydrogens is 420 g/mol. The average Bonchev–Trinajstić information content (AvgIpc) is 3.17. The number of piperidine rings is 1. The highest BCUT2D eigenvalue weighted by Crippen LogP contribution is 2.34. The number of fused-ring (bicyclic) bond motifs is 1. The molecule has 9 heteroatoms. The van der Waals surface area contributed by atoms with Crippen LogP contribution >= 0.6 is 11.8 Å². The summed E-state index contributed by atoms with van der Waals surface area (Å²) in [6.45, 7) is 6.06. The van der Waals surface area contributed by atoms with Crippen molar-refractivity contribution < 1.29 is 13.2 Å². The minimum absolute atomic E-state index is 0.0212. The Kier molecular flexibility index (Phi) is 6.41. The summed E-state index contributed by atoms with van der Waals surface area (Å²) >= 11 is 1.49. The van der Waals surface area contributed by atoms with Crippen LogP contribution in [0.5, 0.6) is 0 Å². The molecule has 4 unspecified atom stereocenters. The first-order chi connectivity index (χ1) is 14.3. The lowest BCUT2D eigenvalue weighted by Gasteiger charge is -2.39. The van der Waals surface area contributed by atoms with Crippen molar-refractivity contribution in [2.75, 3.05) is 29.9 Å². The van der Waals surface area contributed by atoms with Crippen LogP contribution in [0.1, 0.15) is 43.5 Å². The topological polar surface area (TPSA) is 90.9 Å². The normalized spacial score (nSPS) is 30.5. The van der Waals surface area contributed by atoms with Gasteiger partial charge in [0.25, 0.3) is 5.91 Å². The molecule has 3 aliphatic heterocycles. The van der Waals surface area contributed by atoms with Crippen LogP contribution in [0.4, 0.5) is 5.69 Å². The molecule has 1 aromatic carbocycles. The molecule has 0 spiro atoms. The Morgan fingerprint density at radius 3 is 2.53 bits per heavy atom. The third-order valence-corrected chi connectivity index (χ3v) is 9.39. The van der Waals surface area contributed by atoms with E-state index in [1.165, 1.54) is 31.0 Å². The van der Waals surface area contributed by atoms with Crippen molar-refractivity contribution >= 4 is 38.4 Å². The number of rotatable bonds is 5. The average molecular weight is 451 g/mol. The van der Waals surface area contributed by atoms with E-state index in [0.717, 1.165) is 17.4 Å². The fourth-order valence-corrected chi connectivity index (χ4v) is 8.24. The van der Waals surface area contributed by atoms with Gasteiger partial charge >= 0.3 is 0 Å². The van der Waals surface area contributed by atoms with Crippen molar-refractivity contribution in [3.05, 3.63) is 29.8 Å². The van der Waals surface area contributed by atoms with E-state index in [9.17, 15) is 13.2 Å². The third-order valence-electron chi connectivity index (χ3n) is 6.25. The van der Waals surface area contributed by atoms with Gasteiger partial charge < -0.3 is 10.6 Å². The third kappa shape index (κ3) is 5.00. The van der Waals surface area contributed by atoms with Crippen molar-refractivity contribution in [1.82, 2.24) is 10.2 Å². The number of hydrogen-bond acceptors (Lipinski definition) is 7. The first kappa shape index (κ1) is 21.6. The van der Waals surface area contributed by atoms with E-state index >= 15 is 0 Å². The van der Waals surface area contributed by atoms with Crippen molar-refractivity contribution in [3.63, 3.8) is 0 Å². The highest BCUT2D eigenvalue weighted by molar-refractivity contribution is 8.15. The summed E-state index contributed by atoms with van der Waals surface area (Å²) in [7, 11) is -2.94. The zero-order chi connectivity index (χ0) is 21.3. The number of hydrogen-bond donors (Lipinski definition) is 2. The van der Waals surface area contributed by atoms with Gasteiger partial charge in [-0.05, 0) is 51.0 Å². The number of carbonyl (C=O) groups excluding carboxylic acids is 1. The van der Waals surface area contributed by atoms with E-state index in [-0.39, 0.29) is 28.7 Å². The predicted octanol–water partition coefficient (Wildman–Crippen LogP) is 2.36. The van der Waals surface area contributed by atoms with Crippen LogP contribution in [0.25, 0.3) is 0 Å². The van der Waals surface area contributed by atoms with Gasteiger partial charge in [0, 0.05) is 41.7 Å². The number of sulfone groups is 1. The van der Waals surface area contributed by atoms with Crippen molar-refractivity contribution in [3.8, 4) is 0 Å². The van der Waals surface area contributed by atoms with Crippen LogP contribution in [-0.2, 0) is 9.84 Å². The molecule has 0 radical (unpaired) electrons. The van der Waals surface area contributed by atoms with Crippen LogP contribution < -0.4 is 10.6 Å². The number of likely N-dealkylation sites (tertiary alicyclic amines) is 1. The number of anilines is 1. The second kappa shape index (κ2) is 8.88. The lowest BCUT2D eigenvalue weighted by Crippen LogP contribution is -2.47. The highest BCUT2D eigenvalue weighted by Gasteiger charge is 2.42. The Morgan fingerprint density at radius 1 is 1.17 bits per heavy atom. The molecule has 0 aliphatic carbocycles. The fraction of sp³-hybridized carbons (Fsp3) is 0.619. The number of aliphatic imine (C=N–C) groups is 1. The number of nitrogens with one attached hydrogen (secondary N) is 2. The molecule has 0 aromatic heterocycles. The molecule has 2 fully saturated rings. The first-order valence-electron chi connectivity index (χ1n) is 10.7. The van der Waals surface area contributed by atoms with Gasteiger partial charge in [0.1, 0.15) is 0 Å². The van der Waals surface area contributed by atoms with Gasteiger partial charge in [-0.2, -0.15) is 0 Å². The van der Waals surface area contributed by atoms with Gasteiger partial charge in [-0.15, -0.1) is 0 Å². The van der Waals surface area contributed by atoms with Gasteiger partial charge in [0.2, 0.25) is 0 Å². The second-order valence-corrected chi connectivity index (χ2v) is 11.9. The molecule has 164 valence electrons. The number of benzene rings is 1. The summed E-state index contributed by atoms with van der Waals surface area (Å²) in [6.07, 6.45) is 3.75. The van der Waals surface area contributed by atoms with Crippen LogP contribution in [0.2, 0.25) is 0 Å². The van der Waals surface area contributed by atoms with E-state index in [1.54, 1.807) is 12.1 Å². The predicted molar refractivity (Wildman–Crippen MR) is 123 cm³/mol. The lowest BCUT2D eigenvalue weighted by atomic mass is 9.98. The number of amidine groups is 1. The summed E-state index contributed by atoms with van der Waals surface area (Å²) in [5, 5.41) is 7.04. The highest BCUT2D eigenvalue weighted by atomic mass is 32.2. The van der Waals surface area contributed by atoms with Crippen molar-refractivity contribution in [2.24, 2.45) is 4.99 Å². The Morgan fingerprint density at radius 2 is 1.87 bits per heavy atom. The molecule has 1 aromatic rings. The Hall–Kier alpha value is -1.58. The summed E-state index contributed by atoms with van der Waals surface area (Å²) in [4.78, 5) is 19.4.